The van der Waals surface area contributed by atoms with Crippen LogP contribution in [0, 0.1) is 5.82 Å². The molecule has 7 nitrogen and oxygen atoms in total. The van der Waals surface area contributed by atoms with E-state index >= 15 is 0 Å². The summed E-state index contributed by atoms with van der Waals surface area (Å²) in [6, 6.07) is 9.49. The molecule has 1 saturated heterocycles. The van der Waals surface area contributed by atoms with E-state index in [1.165, 1.54) is 0 Å². The van der Waals surface area contributed by atoms with Crippen LogP contribution < -0.4 is 10.1 Å². The Morgan fingerprint density at radius 2 is 1.90 bits per heavy atom. The highest BCUT2D eigenvalue weighted by Crippen LogP contribution is 2.28. The second kappa shape index (κ2) is 8.35. The number of hydrogen-bond acceptors (Lipinski definition) is 6. The highest BCUT2D eigenvalue weighted by molar-refractivity contribution is 7.96. The zero-order valence-electron chi connectivity index (χ0n) is 16.5. The van der Waals surface area contributed by atoms with Crippen LogP contribution in [0.25, 0.3) is 0 Å². The van der Waals surface area contributed by atoms with Gasteiger partial charge in [0.1, 0.15) is 11.6 Å². The van der Waals surface area contributed by atoms with Crippen LogP contribution in [-0.4, -0.2) is 45.6 Å². The zero-order chi connectivity index (χ0) is 22.1. The van der Waals surface area contributed by atoms with Crippen molar-refractivity contribution < 1.29 is 30.8 Å². The van der Waals surface area contributed by atoms with Crippen LogP contribution in [0.15, 0.2) is 47.4 Å². The molecule has 0 aromatic heterocycles. The van der Waals surface area contributed by atoms with Crippen molar-refractivity contribution in [2.24, 2.45) is 0 Å². The van der Waals surface area contributed by atoms with Gasteiger partial charge in [-0.3, -0.25) is 4.79 Å². The molecule has 0 unspecified atom stereocenters. The van der Waals surface area contributed by atoms with Gasteiger partial charge in [-0.2, -0.15) is 0 Å². The Hall–Kier alpha value is -2.46. The van der Waals surface area contributed by atoms with Gasteiger partial charge in [-0.25, -0.2) is 21.2 Å². The van der Waals surface area contributed by atoms with E-state index in [1.807, 2.05) is 13.8 Å². The first-order valence-corrected chi connectivity index (χ1v) is 12.7. The van der Waals surface area contributed by atoms with E-state index in [4.69, 9.17) is 4.74 Å². The van der Waals surface area contributed by atoms with E-state index < -0.39 is 48.0 Å². The van der Waals surface area contributed by atoms with Gasteiger partial charge in [0, 0.05) is 0 Å². The summed E-state index contributed by atoms with van der Waals surface area (Å²) in [5, 5.41) is 1.43. The molecule has 1 atom stereocenters. The van der Waals surface area contributed by atoms with Gasteiger partial charge in [0.25, 0.3) is 5.91 Å². The van der Waals surface area contributed by atoms with E-state index in [9.17, 15) is 26.0 Å². The largest absolute Gasteiger partial charge is 0.489 e. The summed E-state index contributed by atoms with van der Waals surface area (Å²) in [4.78, 5) is 12.4. The molecule has 1 aliphatic rings. The minimum atomic E-state index is -4.03. The van der Waals surface area contributed by atoms with Crippen molar-refractivity contribution >= 4 is 31.3 Å². The summed E-state index contributed by atoms with van der Waals surface area (Å²) in [7, 11) is -7.45. The quantitative estimate of drug-likeness (QED) is 0.672. The van der Waals surface area contributed by atoms with Gasteiger partial charge in [-0.1, -0.05) is 12.1 Å². The monoisotopic (exact) mass is 455 g/mol. The summed E-state index contributed by atoms with van der Waals surface area (Å²) in [5.74, 6) is -2.04. The Morgan fingerprint density at radius 3 is 2.53 bits per heavy atom. The maximum Gasteiger partial charge on any atom is 0.258 e. The molecule has 0 spiro atoms. The molecule has 0 aliphatic carbocycles. The van der Waals surface area contributed by atoms with Crippen LogP contribution in [0.1, 0.15) is 30.6 Å². The Bertz CT molecular complexity index is 1180. The number of anilines is 1. The normalized spacial score (nSPS) is 18.3. The standard InChI is InChI=1S/C20H22FNO6S2/c1-13(2)28-19-6-4-3-5-18(19)22-20(23)16-11-14(7-8-17(16)21)30(26,27)15-9-10-29(24,25)12-15/h3-8,11,13,15H,9-10,12H2,1-2H3,(H,22,23)/t15-/m1/s1. The SMILES string of the molecule is CC(C)Oc1ccccc1NC(=O)c1cc(S(=O)(=O)[C@@H]2CCS(=O)(=O)C2)ccc1F. The zero-order valence-corrected chi connectivity index (χ0v) is 18.1. The number of sulfone groups is 2. The first kappa shape index (κ1) is 22.2. The number of ether oxygens (including phenoxy) is 1. The first-order valence-electron chi connectivity index (χ1n) is 9.30. The number of rotatable bonds is 6. The van der Waals surface area contributed by atoms with Crippen molar-refractivity contribution in [1.29, 1.82) is 0 Å². The molecular weight excluding hydrogens is 433 g/mol. The van der Waals surface area contributed by atoms with E-state index in [2.05, 4.69) is 5.32 Å². The summed E-state index contributed by atoms with van der Waals surface area (Å²) in [5.41, 5.74) is -0.151. The fourth-order valence-corrected chi connectivity index (χ4v) is 7.55. The topological polar surface area (TPSA) is 107 Å². The van der Waals surface area contributed by atoms with Gasteiger partial charge in [-0.05, 0) is 50.6 Å². The average molecular weight is 456 g/mol. The molecule has 1 aliphatic heterocycles. The Balaban J connectivity index is 1.90. The van der Waals surface area contributed by atoms with Crippen LogP contribution in [0.3, 0.4) is 0 Å². The third kappa shape index (κ3) is 4.81. The molecule has 3 rings (SSSR count). The second-order valence-corrected chi connectivity index (χ2v) is 11.8. The van der Waals surface area contributed by atoms with Crippen molar-refractivity contribution in [3.8, 4) is 5.75 Å². The Labute approximate surface area is 175 Å². The van der Waals surface area contributed by atoms with Gasteiger partial charge >= 0.3 is 0 Å². The molecule has 1 N–H and O–H groups in total. The third-order valence-corrected chi connectivity index (χ3v) is 8.81. The minimum Gasteiger partial charge on any atom is -0.489 e. The number of carbonyl (C=O) groups excluding carboxylic acids is 1. The van der Waals surface area contributed by atoms with Crippen LogP contribution in [0.4, 0.5) is 10.1 Å². The molecule has 1 fully saturated rings. The highest BCUT2D eigenvalue weighted by atomic mass is 32.2. The number of benzene rings is 2. The molecule has 10 heteroatoms. The minimum absolute atomic E-state index is 0.0243. The lowest BCUT2D eigenvalue weighted by atomic mass is 10.2. The van der Waals surface area contributed by atoms with Gasteiger partial charge < -0.3 is 10.1 Å². The molecule has 0 radical (unpaired) electrons. The van der Waals surface area contributed by atoms with Crippen molar-refractivity contribution in [2.45, 2.75) is 36.5 Å². The van der Waals surface area contributed by atoms with Crippen LogP contribution >= 0.6 is 0 Å². The molecule has 162 valence electrons. The van der Waals surface area contributed by atoms with Crippen molar-refractivity contribution in [3.05, 3.63) is 53.8 Å². The lowest BCUT2D eigenvalue weighted by molar-refractivity contribution is 0.102. The third-order valence-electron chi connectivity index (χ3n) is 4.64. The Morgan fingerprint density at radius 1 is 1.20 bits per heavy atom. The second-order valence-electron chi connectivity index (χ2n) is 7.33. The van der Waals surface area contributed by atoms with Gasteiger partial charge in [0.15, 0.2) is 19.7 Å². The van der Waals surface area contributed by atoms with Crippen LogP contribution in [-0.2, 0) is 19.7 Å². The molecule has 0 saturated carbocycles. The van der Waals surface area contributed by atoms with Gasteiger partial charge in [0.05, 0.1) is 39.0 Å². The Kier molecular flexibility index (Phi) is 6.19. The summed E-state index contributed by atoms with van der Waals surface area (Å²) in [6.45, 7) is 3.63. The number of para-hydroxylation sites is 2. The van der Waals surface area contributed by atoms with Crippen molar-refractivity contribution in [1.82, 2.24) is 0 Å². The van der Waals surface area contributed by atoms with Gasteiger partial charge in [0.2, 0.25) is 0 Å². The summed E-state index contributed by atoms with van der Waals surface area (Å²) >= 11 is 0. The highest BCUT2D eigenvalue weighted by Gasteiger charge is 2.38. The molecule has 1 heterocycles. The number of carbonyl (C=O) groups is 1. The molecule has 1 amide bonds. The lowest BCUT2D eigenvalue weighted by Gasteiger charge is -2.15. The molecule has 2 aromatic rings. The van der Waals surface area contributed by atoms with E-state index in [0.717, 1.165) is 18.2 Å². The number of nitrogens with one attached hydrogen (secondary N) is 1. The van der Waals surface area contributed by atoms with E-state index in [-0.39, 0.29) is 23.2 Å². The van der Waals surface area contributed by atoms with Crippen LogP contribution in [0.5, 0.6) is 5.75 Å². The molecular formula is C20H22FNO6S2. The maximum absolute atomic E-state index is 14.3. The fraction of sp³-hybridized carbons (Fsp3) is 0.350. The van der Waals surface area contributed by atoms with Crippen LogP contribution in [0.2, 0.25) is 0 Å². The number of amides is 1. The summed E-state index contributed by atoms with van der Waals surface area (Å²) in [6.07, 6.45) is -0.181. The van der Waals surface area contributed by atoms with E-state index in [0.29, 0.717) is 11.4 Å². The lowest BCUT2D eigenvalue weighted by Crippen LogP contribution is -2.23. The predicted molar refractivity (Wildman–Crippen MR) is 111 cm³/mol. The van der Waals surface area contributed by atoms with E-state index in [1.54, 1.807) is 24.3 Å². The smallest absolute Gasteiger partial charge is 0.258 e. The number of hydrogen-bond donors (Lipinski definition) is 1. The average Bonchev–Trinajstić information content (AvgIpc) is 3.03. The predicted octanol–water partition coefficient (Wildman–Crippen LogP) is 2.83. The molecule has 2 aromatic carbocycles. The maximum atomic E-state index is 14.3. The number of halogens is 1. The first-order chi connectivity index (χ1) is 14.0. The fourth-order valence-electron chi connectivity index (χ4n) is 3.17. The van der Waals surface area contributed by atoms with Crippen molar-refractivity contribution in [2.75, 3.05) is 16.8 Å². The molecule has 0 bridgehead atoms. The van der Waals surface area contributed by atoms with Crippen molar-refractivity contribution in [3.63, 3.8) is 0 Å². The summed E-state index contributed by atoms with van der Waals surface area (Å²) < 4.78 is 68.9. The van der Waals surface area contributed by atoms with Gasteiger partial charge in [-0.15, -0.1) is 0 Å². The molecule has 30 heavy (non-hydrogen) atoms.